The van der Waals surface area contributed by atoms with Crippen LogP contribution in [0.2, 0.25) is 0 Å². The van der Waals surface area contributed by atoms with Crippen molar-refractivity contribution < 1.29 is 0 Å². The van der Waals surface area contributed by atoms with Gasteiger partial charge in [-0.15, -0.1) is 0 Å². The Morgan fingerprint density at radius 2 is 2.11 bits per heavy atom. The Morgan fingerprint density at radius 1 is 1.39 bits per heavy atom. The summed E-state index contributed by atoms with van der Waals surface area (Å²) in [4.78, 5) is 15.9. The number of aromatic nitrogens is 2. The third kappa shape index (κ3) is 2.34. The van der Waals surface area contributed by atoms with Crippen LogP contribution in [0.15, 0.2) is 41.5 Å². The summed E-state index contributed by atoms with van der Waals surface area (Å²) >= 11 is 0. The fraction of sp³-hybridized carbons (Fsp3) is 0.231. The van der Waals surface area contributed by atoms with E-state index in [0.717, 1.165) is 5.56 Å². The van der Waals surface area contributed by atoms with E-state index in [4.69, 9.17) is 5.73 Å². The highest BCUT2D eigenvalue weighted by Crippen LogP contribution is 2.21. The van der Waals surface area contributed by atoms with Crippen molar-refractivity contribution in [3.8, 4) is 0 Å². The molecule has 3 N–H and O–H groups in total. The average Bonchev–Trinajstić information content (AvgIpc) is 2.35. The molecule has 0 amide bonds. The van der Waals surface area contributed by atoms with Gasteiger partial charge in [-0.1, -0.05) is 18.2 Å². The molecule has 0 aliphatic rings. The first-order valence-electron chi connectivity index (χ1n) is 5.72. The van der Waals surface area contributed by atoms with Gasteiger partial charge in [-0.05, 0) is 18.6 Å². The van der Waals surface area contributed by atoms with E-state index in [2.05, 4.69) is 10.3 Å². The smallest absolute Gasteiger partial charge is 0.293 e. The van der Waals surface area contributed by atoms with Crippen LogP contribution < -0.4 is 16.6 Å². The predicted molar refractivity (Wildman–Crippen MR) is 72.4 cm³/mol. The average molecular weight is 244 g/mol. The van der Waals surface area contributed by atoms with Gasteiger partial charge in [0, 0.05) is 25.1 Å². The zero-order valence-electron chi connectivity index (χ0n) is 10.4. The molecular weight excluding hydrogens is 228 g/mol. The quantitative estimate of drug-likeness (QED) is 0.803. The minimum atomic E-state index is -0.154. The van der Waals surface area contributed by atoms with E-state index in [1.807, 2.05) is 31.2 Å². The standard InChI is InChI=1S/C13H16N4O/c1-9(10-5-3-4-6-11(10)14)16-12-13(18)17(2)8-7-15-12/h3-9H,14H2,1-2H3,(H,15,16). The maximum Gasteiger partial charge on any atom is 0.293 e. The lowest BCUT2D eigenvalue weighted by Gasteiger charge is -2.16. The van der Waals surface area contributed by atoms with Crippen LogP contribution >= 0.6 is 0 Å². The van der Waals surface area contributed by atoms with Crippen molar-refractivity contribution in [2.75, 3.05) is 11.1 Å². The van der Waals surface area contributed by atoms with Gasteiger partial charge in [0.15, 0.2) is 5.82 Å². The Balaban J connectivity index is 2.27. The Labute approximate surface area is 105 Å². The highest BCUT2D eigenvalue weighted by Gasteiger charge is 2.11. The Morgan fingerprint density at radius 3 is 2.83 bits per heavy atom. The summed E-state index contributed by atoms with van der Waals surface area (Å²) in [5, 5.41) is 3.08. The molecule has 0 spiro atoms. The molecule has 1 unspecified atom stereocenters. The lowest BCUT2D eigenvalue weighted by Crippen LogP contribution is -2.23. The normalized spacial score (nSPS) is 12.1. The van der Waals surface area contributed by atoms with E-state index in [1.165, 1.54) is 4.57 Å². The van der Waals surface area contributed by atoms with E-state index in [0.29, 0.717) is 11.5 Å². The zero-order chi connectivity index (χ0) is 13.1. The Bertz CT molecular complexity index is 606. The van der Waals surface area contributed by atoms with E-state index in [-0.39, 0.29) is 11.6 Å². The molecule has 0 bridgehead atoms. The molecule has 0 saturated carbocycles. The number of anilines is 2. The fourth-order valence-corrected chi connectivity index (χ4v) is 1.78. The van der Waals surface area contributed by atoms with E-state index in [9.17, 15) is 4.79 Å². The number of hydrogen-bond acceptors (Lipinski definition) is 4. The van der Waals surface area contributed by atoms with Crippen LogP contribution in [-0.2, 0) is 7.05 Å². The first-order chi connectivity index (χ1) is 8.59. The molecule has 5 nitrogen and oxygen atoms in total. The van der Waals surface area contributed by atoms with Crippen molar-refractivity contribution in [3.63, 3.8) is 0 Å². The SMILES string of the molecule is CC(Nc1nccn(C)c1=O)c1ccccc1N. The van der Waals surface area contributed by atoms with E-state index >= 15 is 0 Å². The molecule has 0 saturated heterocycles. The molecule has 5 heteroatoms. The fourth-order valence-electron chi connectivity index (χ4n) is 1.78. The molecule has 2 aromatic rings. The van der Waals surface area contributed by atoms with Crippen LogP contribution in [-0.4, -0.2) is 9.55 Å². The Kier molecular flexibility index (Phi) is 3.32. The topological polar surface area (TPSA) is 72.9 Å². The molecule has 1 heterocycles. The third-order valence-electron chi connectivity index (χ3n) is 2.83. The number of rotatable bonds is 3. The summed E-state index contributed by atoms with van der Waals surface area (Å²) in [5.74, 6) is 0.329. The van der Waals surface area contributed by atoms with Crippen LogP contribution in [0.5, 0.6) is 0 Å². The maximum absolute atomic E-state index is 11.8. The second kappa shape index (κ2) is 4.91. The van der Waals surface area contributed by atoms with E-state index < -0.39 is 0 Å². The van der Waals surface area contributed by atoms with Crippen LogP contribution in [0.4, 0.5) is 11.5 Å². The van der Waals surface area contributed by atoms with Gasteiger partial charge < -0.3 is 15.6 Å². The minimum absolute atomic E-state index is 0.0752. The first-order valence-corrected chi connectivity index (χ1v) is 5.72. The monoisotopic (exact) mass is 244 g/mol. The summed E-state index contributed by atoms with van der Waals surface area (Å²) in [7, 11) is 1.69. The summed E-state index contributed by atoms with van der Waals surface area (Å²) < 4.78 is 1.48. The van der Waals surface area contributed by atoms with Crippen LogP contribution in [0.25, 0.3) is 0 Å². The third-order valence-corrected chi connectivity index (χ3v) is 2.83. The van der Waals surface area contributed by atoms with Crippen molar-refractivity contribution in [3.05, 3.63) is 52.6 Å². The lowest BCUT2D eigenvalue weighted by molar-refractivity contribution is 0.814. The highest BCUT2D eigenvalue weighted by molar-refractivity contribution is 5.50. The number of nitrogens with two attached hydrogens (primary N) is 1. The molecule has 1 aromatic carbocycles. The molecule has 0 fully saturated rings. The van der Waals surface area contributed by atoms with Gasteiger partial charge in [0.25, 0.3) is 5.56 Å². The van der Waals surface area contributed by atoms with Crippen molar-refractivity contribution in [1.82, 2.24) is 9.55 Å². The molecule has 2 rings (SSSR count). The molecule has 1 aromatic heterocycles. The molecule has 94 valence electrons. The van der Waals surface area contributed by atoms with Crippen molar-refractivity contribution in [2.45, 2.75) is 13.0 Å². The van der Waals surface area contributed by atoms with Gasteiger partial charge in [0.1, 0.15) is 0 Å². The Hall–Kier alpha value is -2.30. The van der Waals surface area contributed by atoms with Crippen molar-refractivity contribution >= 4 is 11.5 Å². The number of hydrogen-bond donors (Lipinski definition) is 2. The first kappa shape index (κ1) is 12.2. The largest absolute Gasteiger partial charge is 0.398 e. The second-order valence-electron chi connectivity index (χ2n) is 4.19. The lowest BCUT2D eigenvalue weighted by atomic mass is 10.1. The number of nitrogens with zero attached hydrogens (tertiary/aromatic N) is 2. The second-order valence-corrected chi connectivity index (χ2v) is 4.19. The van der Waals surface area contributed by atoms with Crippen LogP contribution in [0, 0.1) is 0 Å². The van der Waals surface area contributed by atoms with Crippen LogP contribution in [0.3, 0.4) is 0 Å². The summed E-state index contributed by atoms with van der Waals surface area (Å²) in [6.45, 7) is 1.94. The minimum Gasteiger partial charge on any atom is -0.398 e. The van der Waals surface area contributed by atoms with Gasteiger partial charge in [-0.3, -0.25) is 4.79 Å². The van der Waals surface area contributed by atoms with Crippen molar-refractivity contribution in [1.29, 1.82) is 0 Å². The molecule has 0 aliphatic heterocycles. The van der Waals surface area contributed by atoms with E-state index in [1.54, 1.807) is 19.4 Å². The molecule has 1 atom stereocenters. The number of nitrogen functional groups attached to an aromatic ring is 1. The number of benzene rings is 1. The molecule has 0 radical (unpaired) electrons. The maximum atomic E-state index is 11.8. The van der Waals surface area contributed by atoms with Gasteiger partial charge in [0.05, 0.1) is 6.04 Å². The van der Waals surface area contributed by atoms with Crippen LogP contribution in [0.1, 0.15) is 18.5 Å². The van der Waals surface area contributed by atoms with Gasteiger partial charge >= 0.3 is 0 Å². The van der Waals surface area contributed by atoms with Gasteiger partial charge in [-0.25, -0.2) is 4.98 Å². The number of nitrogens with one attached hydrogen (secondary N) is 1. The highest BCUT2D eigenvalue weighted by atomic mass is 16.1. The number of aryl methyl sites for hydroxylation is 1. The zero-order valence-corrected chi connectivity index (χ0v) is 10.4. The summed E-state index contributed by atoms with van der Waals surface area (Å²) in [6, 6.07) is 7.49. The number of para-hydroxylation sites is 1. The summed E-state index contributed by atoms with van der Waals surface area (Å²) in [5.41, 5.74) is 7.39. The van der Waals surface area contributed by atoms with Gasteiger partial charge in [-0.2, -0.15) is 0 Å². The van der Waals surface area contributed by atoms with Gasteiger partial charge in [0.2, 0.25) is 0 Å². The summed E-state index contributed by atoms with van der Waals surface area (Å²) in [6.07, 6.45) is 3.21. The predicted octanol–water partition coefficient (Wildman–Crippen LogP) is 1.54. The molecule has 0 aliphatic carbocycles. The van der Waals surface area contributed by atoms with Crippen molar-refractivity contribution in [2.24, 2.45) is 7.05 Å². The molecular formula is C13H16N4O. The molecule has 18 heavy (non-hydrogen) atoms.